The molecule has 1 saturated heterocycles. The first-order valence-electron chi connectivity index (χ1n) is 10.4. The Hall–Kier alpha value is -3.81. The van der Waals surface area contributed by atoms with Gasteiger partial charge in [-0.25, -0.2) is 4.98 Å². The highest BCUT2D eigenvalue weighted by molar-refractivity contribution is 6.04. The lowest BCUT2D eigenvalue weighted by molar-refractivity contribution is -0.122. The number of carbonyl (C=O) groups is 2. The van der Waals surface area contributed by atoms with Crippen LogP contribution in [-0.2, 0) is 16.1 Å². The zero-order chi connectivity index (χ0) is 22.7. The second-order valence-electron chi connectivity index (χ2n) is 7.73. The SMILES string of the molecule is COc1ccc(OC)c(N2CC(C(=O)Nc3ccc(Cn4ccnc4C)cc3)CC2=O)c1. The molecule has 0 bridgehead atoms. The number of methoxy groups -OCH3 is 2. The molecule has 1 atom stereocenters. The molecule has 1 N–H and O–H groups in total. The molecule has 8 heteroatoms. The minimum Gasteiger partial charge on any atom is -0.497 e. The highest BCUT2D eigenvalue weighted by Gasteiger charge is 2.36. The topological polar surface area (TPSA) is 85.7 Å². The van der Waals surface area contributed by atoms with Gasteiger partial charge in [0.25, 0.3) is 0 Å². The second kappa shape index (κ2) is 9.13. The average Bonchev–Trinajstić information content (AvgIpc) is 3.39. The zero-order valence-electron chi connectivity index (χ0n) is 18.4. The van der Waals surface area contributed by atoms with Gasteiger partial charge in [-0.05, 0) is 36.8 Å². The maximum atomic E-state index is 12.8. The molecule has 1 unspecified atom stereocenters. The van der Waals surface area contributed by atoms with Crippen molar-refractivity contribution in [3.63, 3.8) is 0 Å². The van der Waals surface area contributed by atoms with Crippen molar-refractivity contribution in [1.82, 2.24) is 9.55 Å². The van der Waals surface area contributed by atoms with Crippen molar-refractivity contribution in [2.75, 3.05) is 31.0 Å². The van der Waals surface area contributed by atoms with Crippen LogP contribution in [0.2, 0.25) is 0 Å². The molecular weight excluding hydrogens is 408 g/mol. The number of ether oxygens (including phenoxy) is 2. The van der Waals surface area contributed by atoms with Crippen LogP contribution in [0, 0.1) is 12.8 Å². The van der Waals surface area contributed by atoms with Gasteiger partial charge in [0.2, 0.25) is 11.8 Å². The smallest absolute Gasteiger partial charge is 0.229 e. The average molecular weight is 434 g/mol. The quantitative estimate of drug-likeness (QED) is 0.617. The number of carbonyl (C=O) groups excluding carboxylic acids is 2. The first-order valence-corrected chi connectivity index (χ1v) is 10.4. The number of anilines is 2. The molecule has 3 aromatic rings. The Morgan fingerprint density at radius 1 is 1.16 bits per heavy atom. The van der Waals surface area contributed by atoms with Crippen LogP contribution >= 0.6 is 0 Å². The number of amides is 2. The predicted molar refractivity (Wildman–Crippen MR) is 121 cm³/mol. The Morgan fingerprint density at radius 3 is 2.59 bits per heavy atom. The van der Waals surface area contributed by atoms with Crippen LogP contribution in [0.3, 0.4) is 0 Å². The summed E-state index contributed by atoms with van der Waals surface area (Å²) in [6, 6.07) is 13.0. The maximum Gasteiger partial charge on any atom is 0.229 e. The van der Waals surface area contributed by atoms with Gasteiger partial charge in [0.1, 0.15) is 17.3 Å². The molecule has 0 saturated carbocycles. The van der Waals surface area contributed by atoms with Gasteiger partial charge in [-0.3, -0.25) is 9.59 Å². The van der Waals surface area contributed by atoms with Gasteiger partial charge in [-0.1, -0.05) is 12.1 Å². The van der Waals surface area contributed by atoms with Crippen LogP contribution in [0.4, 0.5) is 11.4 Å². The van der Waals surface area contributed by atoms with Gasteiger partial charge in [-0.2, -0.15) is 0 Å². The Balaban J connectivity index is 1.41. The van der Waals surface area contributed by atoms with Crippen molar-refractivity contribution in [3.05, 3.63) is 66.2 Å². The van der Waals surface area contributed by atoms with E-state index in [1.54, 1.807) is 43.5 Å². The Morgan fingerprint density at radius 2 is 1.94 bits per heavy atom. The molecule has 1 fully saturated rings. The summed E-state index contributed by atoms with van der Waals surface area (Å²) in [4.78, 5) is 31.3. The Bertz CT molecular complexity index is 1120. The number of benzene rings is 2. The molecule has 2 amide bonds. The molecule has 4 rings (SSSR count). The normalized spacial score (nSPS) is 15.7. The number of nitrogens with zero attached hydrogens (tertiary/aromatic N) is 3. The van der Waals surface area contributed by atoms with Crippen molar-refractivity contribution in [2.45, 2.75) is 19.9 Å². The molecule has 2 aromatic carbocycles. The predicted octanol–water partition coefficient (Wildman–Crippen LogP) is 3.25. The van der Waals surface area contributed by atoms with E-state index in [-0.39, 0.29) is 24.8 Å². The maximum absolute atomic E-state index is 12.8. The number of aryl methyl sites for hydroxylation is 1. The fourth-order valence-electron chi connectivity index (χ4n) is 3.83. The summed E-state index contributed by atoms with van der Waals surface area (Å²) in [7, 11) is 3.11. The molecule has 1 aliphatic rings. The fraction of sp³-hybridized carbons (Fsp3) is 0.292. The highest BCUT2D eigenvalue weighted by atomic mass is 16.5. The van der Waals surface area contributed by atoms with E-state index in [2.05, 4.69) is 14.9 Å². The molecular formula is C24H26N4O4. The van der Waals surface area contributed by atoms with Gasteiger partial charge in [-0.15, -0.1) is 0 Å². The van der Waals surface area contributed by atoms with Crippen LogP contribution < -0.4 is 19.7 Å². The van der Waals surface area contributed by atoms with Crippen LogP contribution in [-0.4, -0.2) is 42.1 Å². The van der Waals surface area contributed by atoms with E-state index >= 15 is 0 Å². The molecule has 32 heavy (non-hydrogen) atoms. The number of hydrogen-bond donors (Lipinski definition) is 1. The largest absolute Gasteiger partial charge is 0.497 e. The summed E-state index contributed by atoms with van der Waals surface area (Å²) in [5, 5.41) is 2.93. The lowest BCUT2D eigenvalue weighted by Crippen LogP contribution is -2.28. The van der Waals surface area contributed by atoms with Crippen molar-refractivity contribution in [1.29, 1.82) is 0 Å². The van der Waals surface area contributed by atoms with Gasteiger partial charge < -0.3 is 24.3 Å². The van der Waals surface area contributed by atoms with E-state index in [0.29, 0.717) is 29.4 Å². The second-order valence-corrected chi connectivity index (χ2v) is 7.73. The monoisotopic (exact) mass is 434 g/mol. The van der Waals surface area contributed by atoms with Crippen molar-refractivity contribution >= 4 is 23.2 Å². The first-order chi connectivity index (χ1) is 15.5. The highest BCUT2D eigenvalue weighted by Crippen LogP contribution is 2.36. The van der Waals surface area contributed by atoms with Crippen LogP contribution in [0.15, 0.2) is 54.9 Å². The summed E-state index contributed by atoms with van der Waals surface area (Å²) in [5.74, 6) is 1.37. The molecule has 2 heterocycles. The van der Waals surface area contributed by atoms with Crippen LogP contribution in [0.25, 0.3) is 0 Å². The Labute approximate surface area is 186 Å². The third kappa shape index (κ3) is 4.44. The molecule has 0 radical (unpaired) electrons. The summed E-state index contributed by atoms with van der Waals surface area (Å²) >= 11 is 0. The van der Waals surface area contributed by atoms with Gasteiger partial charge in [0, 0.05) is 43.7 Å². The van der Waals surface area contributed by atoms with Crippen molar-refractivity contribution < 1.29 is 19.1 Å². The summed E-state index contributed by atoms with van der Waals surface area (Å²) in [6.07, 6.45) is 3.85. The number of rotatable bonds is 7. The van der Waals surface area contributed by atoms with E-state index in [4.69, 9.17) is 9.47 Å². The van der Waals surface area contributed by atoms with Crippen LogP contribution in [0.5, 0.6) is 11.5 Å². The van der Waals surface area contributed by atoms with Crippen LogP contribution in [0.1, 0.15) is 17.8 Å². The van der Waals surface area contributed by atoms with E-state index in [1.165, 1.54) is 0 Å². The van der Waals surface area contributed by atoms with E-state index in [9.17, 15) is 9.59 Å². The summed E-state index contributed by atoms with van der Waals surface area (Å²) in [6.45, 7) is 2.96. The lowest BCUT2D eigenvalue weighted by atomic mass is 10.1. The zero-order valence-corrected chi connectivity index (χ0v) is 18.4. The fourth-order valence-corrected chi connectivity index (χ4v) is 3.83. The third-order valence-corrected chi connectivity index (χ3v) is 5.67. The van der Waals surface area contributed by atoms with Gasteiger partial charge >= 0.3 is 0 Å². The van der Waals surface area contributed by atoms with Crippen molar-refractivity contribution in [2.24, 2.45) is 5.92 Å². The molecule has 1 aliphatic heterocycles. The molecule has 8 nitrogen and oxygen atoms in total. The number of hydrogen-bond acceptors (Lipinski definition) is 5. The van der Waals surface area contributed by atoms with Gasteiger partial charge in [0.05, 0.1) is 25.8 Å². The Kier molecular flexibility index (Phi) is 6.11. The number of nitrogens with one attached hydrogen (secondary N) is 1. The van der Waals surface area contributed by atoms with E-state index in [1.807, 2.05) is 37.4 Å². The summed E-state index contributed by atoms with van der Waals surface area (Å²) in [5.41, 5.74) is 2.41. The molecule has 0 spiro atoms. The van der Waals surface area contributed by atoms with E-state index in [0.717, 1.165) is 11.4 Å². The first kappa shape index (κ1) is 21.4. The number of imidazole rings is 1. The minimum absolute atomic E-state index is 0.122. The third-order valence-electron chi connectivity index (χ3n) is 5.67. The summed E-state index contributed by atoms with van der Waals surface area (Å²) < 4.78 is 12.7. The number of aromatic nitrogens is 2. The molecule has 1 aromatic heterocycles. The van der Waals surface area contributed by atoms with E-state index < -0.39 is 5.92 Å². The lowest BCUT2D eigenvalue weighted by Gasteiger charge is -2.20. The van der Waals surface area contributed by atoms with Gasteiger partial charge in [0.15, 0.2) is 0 Å². The standard InChI is InChI=1S/C24H26N4O4/c1-16-25-10-11-27(16)14-17-4-6-19(7-5-17)26-24(30)18-12-23(29)28(15-18)21-13-20(31-2)8-9-22(21)32-3/h4-11,13,18H,12,14-15H2,1-3H3,(H,26,30). The molecule has 166 valence electrons. The minimum atomic E-state index is -0.452. The molecule has 0 aliphatic carbocycles. The van der Waals surface area contributed by atoms with Crippen molar-refractivity contribution in [3.8, 4) is 11.5 Å².